The van der Waals surface area contributed by atoms with E-state index in [-0.39, 0.29) is 23.8 Å². The first-order valence-corrected chi connectivity index (χ1v) is 3.27. The van der Waals surface area contributed by atoms with Crippen molar-refractivity contribution in [2.24, 2.45) is 5.73 Å². The van der Waals surface area contributed by atoms with Crippen molar-refractivity contribution in [3.8, 4) is 0 Å². The third-order valence-electron chi connectivity index (χ3n) is 1.43. The van der Waals surface area contributed by atoms with Gasteiger partial charge < -0.3 is 15.6 Å². The highest BCUT2D eigenvalue weighted by Crippen LogP contribution is 2.02. The number of carbonyl (C=O) groups excluding carboxylic acids is 1. The summed E-state index contributed by atoms with van der Waals surface area (Å²) in [5.74, 6) is -1.31. The number of hydrogen-bond donors (Lipinski definition) is 2. The van der Waals surface area contributed by atoms with Crippen molar-refractivity contribution >= 4 is 24.2 Å². The van der Waals surface area contributed by atoms with Gasteiger partial charge in [-0.1, -0.05) is 24.3 Å². The van der Waals surface area contributed by atoms with Crippen LogP contribution in [0.5, 0.6) is 0 Å². The Balaban J connectivity index is 0.00000144. The number of rotatable bonds is 2. The Morgan fingerprint density at radius 3 is 1.92 bits per heavy atom. The topological polar surface area (TPSA) is 90.0 Å². The third kappa shape index (κ3) is 2.76. The number of nitrogen functional groups attached to an aromatic ring is 1. The van der Waals surface area contributed by atoms with Crippen LogP contribution in [-0.2, 0) is 0 Å². The Kier molecular flexibility index (Phi) is 3.94. The molecule has 0 unspecified atom stereocenters. The molecule has 0 aromatic heterocycles. The lowest BCUT2D eigenvalue weighted by Gasteiger charge is -2.02. The van der Waals surface area contributed by atoms with Crippen molar-refractivity contribution in [2.75, 3.05) is 0 Å². The Morgan fingerprint density at radius 2 is 1.62 bits per heavy atom. The molecular weight excluding hydrogens is 192 g/mol. The number of halogens is 1. The number of hydrogen-bond acceptors (Lipinski definition) is 3. The van der Waals surface area contributed by atoms with E-state index in [0.717, 1.165) is 0 Å². The maximum atomic E-state index is 10.3. The van der Waals surface area contributed by atoms with E-state index in [0.29, 0.717) is 5.56 Å². The maximum Gasteiger partial charge on any atom is 0.122 e. The summed E-state index contributed by atoms with van der Waals surface area (Å²) in [6.45, 7) is 0. The van der Waals surface area contributed by atoms with E-state index in [9.17, 15) is 9.90 Å². The molecule has 0 aliphatic heterocycles. The number of nitrogens with two attached hydrogens (primary N) is 1. The van der Waals surface area contributed by atoms with Crippen LogP contribution >= 0.6 is 12.4 Å². The second-order valence-electron chi connectivity index (χ2n) is 2.28. The predicted octanol–water partition coefficient (Wildman–Crippen LogP) is -0.244. The van der Waals surface area contributed by atoms with Crippen molar-refractivity contribution in [3.63, 3.8) is 0 Å². The van der Waals surface area contributed by atoms with Gasteiger partial charge in [-0.3, -0.25) is 5.41 Å². The average molecular weight is 200 g/mol. The van der Waals surface area contributed by atoms with Gasteiger partial charge in [-0.25, -0.2) is 0 Å². The summed E-state index contributed by atoms with van der Waals surface area (Å²) in [7, 11) is 0. The fourth-order valence-electron chi connectivity index (χ4n) is 0.786. The van der Waals surface area contributed by atoms with E-state index < -0.39 is 5.97 Å². The smallest absolute Gasteiger partial charge is 0.122 e. The summed E-state index contributed by atoms with van der Waals surface area (Å²) in [6.07, 6.45) is 0. The molecule has 0 saturated heterocycles. The lowest BCUT2D eigenvalue weighted by atomic mass is 10.1. The van der Waals surface area contributed by atoms with Crippen LogP contribution in [0.3, 0.4) is 0 Å². The van der Waals surface area contributed by atoms with Crippen LogP contribution in [0.2, 0.25) is 0 Å². The van der Waals surface area contributed by atoms with Gasteiger partial charge >= 0.3 is 0 Å². The summed E-state index contributed by atoms with van der Waals surface area (Å²) in [5, 5.41) is 17.3. The molecule has 0 radical (unpaired) electrons. The molecule has 1 aromatic rings. The van der Waals surface area contributed by atoms with Crippen molar-refractivity contribution in [3.05, 3.63) is 35.4 Å². The fraction of sp³-hybridized carbons (Fsp3) is 0. The molecule has 0 atom stereocenters. The third-order valence-corrected chi connectivity index (χ3v) is 1.43. The van der Waals surface area contributed by atoms with Gasteiger partial charge in [-0.2, -0.15) is 0 Å². The second-order valence-corrected chi connectivity index (χ2v) is 2.28. The van der Waals surface area contributed by atoms with Gasteiger partial charge in [0, 0.05) is 5.56 Å². The minimum atomic E-state index is -1.23. The van der Waals surface area contributed by atoms with Crippen molar-refractivity contribution in [1.82, 2.24) is 0 Å². The Morgan fingerprint density at radius 1 is 1.23 bits per heavy atom. The molecule has 13 heavy (non-hydrogen) atoms. The number of aromatic carboxylic acids is 1. The molecule has 3 N–H and O–H groups in total. The van der Waals surface area contributed by atoms with Crippen LogP contribution in [-0.4, -0.2) is 11.8 Å². The van der Waals surface area contributed by atoms with Crippen LogP contribution in [0, 0.1) is 5.41 Å². The van der Waals surface area contributed by atoms with E-state index >= 15 is 0 Å². The first-order chi connectivity index (χ1) is 5.61. The summed E-state index contributed by atoms with van der Waals surface area (Å²) in [5.41, 5.74) is 5.74. The minimum Gasteiger partial charge on any atom is -0.545 e. The molecular formula is C8H8ClN2O2-. The quantitative estimate of drug-likeness (QED) is 0.509. The molecule has 0 saturated carbocycles. The van der Waals surface area contributed by atoms with Crippen LogP contribution in [0.15, 0.2) is 24.3 Å². The Bertz CT molecular complexity index is 288. The van der Waals surface area contributed by atoms with E-state index in [2.05, 4.69) is 0 Å². The molecule has 0 heterocycles. The summed E-state index contributed by atoms with van der Waals surface area (Å²) in [4.78, 5) is 10.3. The molecule has 0 amide bonds. The zero-order valence-electron chi connectivity index (χ0n) is 6.61. The van der Waals surface area contributed by atoms with Crippen LogP contribution in [0.4, 0.5) is 0 Å². The molecule has 5 heteroatoms. The fourth-order valence-corrected chi connectivity index (χ4v) is 0.786. The van der Waals surface area contributed by atoms with Crippen molar-refractivity contribution in [1.29, 1.82) is 5.41 Å². The highest BCUT2D eigenvalue weighted by Gasteiger charge is 1.96. The molecule has 1 aromatic carbocycles. The minimum absolute atomic E-state index is 0. The highest BCUT2D eigenvalue weighted by molar-refractivity contribution is 5.96. The number of benzene rings is 1. The molecule has 0 fully saturated rings. The number of carboxylic acid groups (broad SMARTS) is 1. The van der Waals surface area contributed by atoms with E-state index in [1.807, 2.05) is 0 Å². The molecule has 0 aliphatic rings. The number of nitrogens with one attached hydrogen (secondary N) is 1. The van der Waals surface area contributed by atoms with Gasteiger partial charge in [0.05, 0.1) is 5.97 Å². The summed E-state index contributed by atoms with van der Waals surface area (Å²) in [6, 6.07) is 5.64. The zero-order chi connectivity index (χ0) is 9.14. The molecule has 4 nitrogen and oxygen atoms in total. The first-order valence-electron chi connectivity index (χ1n) is 3.27. The van der Waals surface area contributed by atoms with Crippen LogP contribution in [0.1, 0.15) is 15.9 Å². The first kappa shape index (κ1) is 11.4. The monoisotopic (exact) mass is 199 g/mol. The number of carbonyl (C=O) groups is 1. The molecule has 70 valence electrons. The standard InChI is InChI=1S/C8H8N2O2.ClH/c9-7(10)5-1-3-6(4-2-5)8(11)12;/h1-4H,(H3,9,10)(H,11,12);1H/p-1. The van der Waals surface area contributed by atoms with Crippen LogP contribution < -0.4 is 10.8 Å². The summed E-state index contributed by atoms with van der Waals surface area (Å²) < 4.78 is 0. The van der Waals surface area contributed by atoms with Gasteiger partial charge in [-0.05, 0) is 5.56 Å². The van der Waals surface area contributed by atoms with Gasteiger partial charge in [0.1, 0.15) is 5.84 Å². The normalized spacial score (nSPS) is 8.62. The molecule has 0 aliphatic carbocycles. The van der Waals surface area contributed by atoms with Crippen molar-refractivity contribution < 1.29 is 9.90 Å². The lowest BCUT2D eigenvalue weighted by Crippen LogP contribution is -2.22. The Labute approximate surface area is 81.3 Å². The van der Waals surface area contributed by atoms with E-state index in [4.69, 9.17) is 11.1 Å². The zero-order valence-corrected chi connectivity index (χ0v) is 7.43. The predicted molar refractivity (Wildman–Crippen MR) is 49.0 cm³/mol. The van der Waals surface area contributed by atoms with Gasteiger partial charge in [-0.15, -0.1) is 12.4 Å². The molecule has 1 rings (SSSR count). The maximum absolute atomic E-state index is 10.3. The van der Waals surface area contributed by atoms with Crippen molar-refractivity contribution in [2.45, 2.75) is 0 Å². The molecule has 0 bridgehead atoms. The lowest BCUT2D eigenvalue weighted by molar-refractivity contribution is -0.255. The average Bonchev–Trinajstić information content (AvgIpc) is 2.04. The number of carboxylic acids is 1. The van der Waals surface area contributed by atoms with Crippen LogP contribution in [0.25, 0.3) is 0 Å². The SMILES string of the molecule is Cl.N=C(N)c1ccc(C(=O)[O-])cc1. The van der Waals surface area contributed by atoms with E-state index in [1.54, 1.807) is 0 Å². The molecule has 0 spiro atoms. The number of amidine groups is 1. The summed E-state index contributed by atoms with van der Waals surface area (Å²) >= 11 is 0. The van der Waals surface area contributed by atoms with E-state index in [1.165, 1.54) is 24.3 Å². The van der Waals surface area contributed by atoms with Gasteiger partial charge in [0.25, 0.3) is 0 Å². The van der Waals surface area contributed by atoms with Gasteiger partial charge in [0.15, 0.2) is 0 Å². The van der Waals surface area contributed by atoms with Gasteiger partial charge in [0.2, 0.25) is 0 Å². The largest absolute Gasteiger partial charge is 0.545 e. The Hall–Kier alpha value is -1.55. The highest BCUT2D eigenvalue weighted by atomic mass is 35.5. The second kappa shape index (κ2) is 4.47.